The zero-order chi connectivity index (χ0) is 22.3. The monoisotopic (exact) mass is 437 g/mol. The summed E-state index contributed by atoms with van der Waals surface area (Å²) in [5.41, 5.74) is 6.44. The van der Waals surface area contributed by atoms with Gasteiger partial charge in [-0.1, -0.05) is 0 Å². The highest BCUT2D eigenvalue weighted by Gasteiger charge is 2.27. The molecule has 4 rings (SSSR count). The Kier molecular flexibility index (Phi) is 5.44. The van der Waals surface area contributed by atoms with Gasteiger partial charge in [0.2, 0.25) is 5.91 Å². The third-order valence-corrected chi connectivity index (χ3v) is 5.05. The normalized spacial score (nSPS) is 14.1. The van der Waals surface area contributed by atoms with Crippen molar-refractivity contribution in [2.24, 2.45) is 5.73 Å². The molecule has 2 aromatic carbocycles. The number of rotatable bonds is 4. The predicted molar refractivity (Wildman–Crippen MR) is 98.1 cm³/mol. The van der Waals surface area contributed by atoms with Crippen molar-refractivity contribution in [2.75, 3.05) is 0 Å². The summed E-state index contributed by atoms with van der Waals surface area (Å²) in [6.45, 7) is -0.0377. The predicted octanol–water partition coefficient (Wildman–Crippen LogP) is 2.77. The fourth-order valence-electron chi connectivity index (χ4n) is 3.53. The van der Waals surface area contributed by atoms with E-state index >= 15 is 0 Å². The Bertz CT molecular complexity index is 1170. The maximum Gasteiger partial charge on any atom is 0.224 e. The molecule has 0 saturated carbocycles. The highest BCUT2D eigenvalue weighted by atomic mass is 19.2. The maximum atomic E-state index is 13.9. The second-order valence-corrected chi connectivity index (χ2v) is 7.29. The first kappa shape index (κ1) is 20.9. The number of benzene rings is 2. The smallest absolute Gasteiger partial charge is 0.224 e. The van der Waals surface area contributed by atoms with Crippen molar-refractivity contribution in [1.29, 1.82) is 0 Å². The molecule has 11 heteroatoms. The van der Waals surface area contributed by atoms with E-state index in [4.69, 9.17) is 5.73 Å². The van der Waals surface area contributed by atoms with Crippen LogP contribution in [0, 0.1) is 29.1 Å². The zero-order valence-electron chi connectivity index (χ0n) is 16.0. The minimum Gasteiger partial charge on any atom is -0.331 e. The number of carbonyl (C=O) groups excluding carboxylic acids is 1. The van der Waals surface area contributed by atoms with Crippen LogP contribution in [0.15, 0.2) is 30.6 Å². The van der Waals surface area contributed by atoms with Gasteiger partial charge in [-0.3, -0.25) is 9.36 Å². The van der Waals surface area contributed by atoms with Crippen LogP contribution in [0.5, 0.6) is 0 Å². The van der Waals surface area contributed by atoms with Gasteiger partial charge in [0.25, 0.3) is 0 Å². The Hall–Kier alpha value is -3.34. The first-order valence-electron chi connectivity index (χ1n) is 9.27. The number of hydrogen-bond donors (Lipinski definition) is 1. The van der Waals surface area contributed by atoms with Gasteiger partial charge < -0.3 is 10.6 Å². The van der Waals surface area contributed by atoms with Gasteiger partial charge in [0.05, 0.1) is 12.2 Å². The molecular weight excluding hydrogens is 421 g/mol. The molecule has 0 spiro atoms. The standard InChI is InChI=1S/C20H16F5N5O/c21-13-5-16(24)14(22)2-10(13)1-12(26)4-20(31)29-7-11-3-15(23)17(25)6-18(11)30-9-27-28-19(30)8-29/h2-3,5-6,9,12H,1,4,7-8,26H2/t12-/m1/s1. The zero-order valence-corrected chi connectivity index (χ0v) is 16.0. The quantitative estimate of drug-likeness (QED) is 0.503. The summed E-state index contributed by atoms with van der Waals surface area (Å²) in [5.74, 6) is -5.73. The molecule has 1 amide bonds. The van der Waals surface area contributed by atoms with Crippen molar-refractivity contribution < 1.29 is 26.7 Å². The van der Waals surface area contributed by atoms with Crippen LogP contribution in [0.25, 0.3) is 5.69 Å². The Morgan fingerprint density at radius 2 is 1.65 bits per heavy atom. The fraction of sp³-hybridized carbons (Fsp3) is 0.250. The molecule has 2 heterocycles. The molecule has 0 unspecified atom stereocenters. The largest absolute Gasteiger partial charge is 0.331 e. The van der Waals surface area contributed by atoms with Crippen molar-refractivity contribution >= 4 is 5.91 Å². The molecule has 6 nitrogen and oxygen atoms in total. The van der Waals surface area contributed by atoms with Crippen LogP contribution in [0.4, 0.5) is 22.0 Å². The van der Waals surface area contributed by atoms with Crippen LogP contribution in [0.2, 0.25) is 0 Å². The number of nitrogens with two attached hydrogens (primary N) is 1. The summed E-state index contributed by atoms with van der Waals surface area (Å²) >= 11 is 0. The molecule has 0 aliphatic carbocycles. The fourth-order valence-corrected chi connectivity index (χ4v) is 3.53. The molecule has 0 bridgehead atoms. The van der Waals surface area contributed by atoms with Gasteiger partial charge >= 0.3 is 0 Å². The Labute approximate surface area is 173 Å². The number of nitrogens with zero attached hydrogens (tertiary/aromatic N) is 4. The average Bonchev–Trinajstić information content (AvgIpc) is 3.10. The van der Waals surface area contributed by atoms with Crippen LogP contribution >= 0.6 is 0 Å². The second kappa shape index (κ2) is 8.06. The lowest BCUT2D eigenvalue weighted by Gasteiger charge is -2.22. The first-order chi connectivity index (χ1) is 14.7. The van der Waals surface area contributed by atoms with E-state index in [9.17, 15) is 26.7 Å². The summed E-state index contributed by atoms with van der Waals surface area (Å²) in [6.07, 6.45) is 0.887. The number of carbonyl (C=O) groups is 1. The summed E-state index contributed by atoms with van der Waals surface area (Å²) in [7, 11) is 0. The van der Waals surface area contributed by atoms with E-state index in [2.05, 4.69) is 10.2 Å². The SMILES string of the molecule is N[C@@H](CC(=O)N1Cc2cc(F)c(F)cc2-n2cnnc2C1)Cc1cc(F)c(F)cc1F. The Balaban J connectivity index is 1.54. The summed E-state index contributed by atoms with van der Waals surface area (Å²) in [6, 6.07) is 2.24. The van der Waals surface area contributed by atoms with E-state index in [0.717, 1.165) is 12.1 Å². The van der Waals surface area contributed by atoms with Crippen LogP contribution < -0.4 is 5.73 Å². The molecular formula is C20H16F5N5O. The van der Waals surface area contributed by atoms with Gasteiger partial charge in [0.15, 0.2) is 29.1 Å². The minimum absolute atomic E-state index is 0.00299. The molecule has 0 fully saturated rings. The van der Waals surface area contributed by atoms with Crippen molar-refractivity contribution in [3.05, 3.63) is 76.6 Å². The van der Waals surface area contributed by atoms with Crippen molar-refractivity contribution in [1.82, 2.24) is 19.7 Å². The highest BCUT2D eigenvalue weighted by Crippen LogP contribution is 2.26. The van der Waals surface area contributed by atoms with Crippen molar-refractivity contribution in [2.45, 2.75) is 32.0 Å². The van der Waals surface area contributed by atoms with Gasteiger partial charge in [0, 0.05) is 31.1 Å². The van der Waals surface area contributed by atoms with E-state index in [-0.39, 0.29) is 31.5 Å². The van der Waals surface area contributed by atoms with Gasteiger partial charge in [0.1, 0.15) is 12.1 Å². The van der Waals surface area contributed by atoms with Crippen LogP contribution in [-0.4, -0.2) is 31.6 Å². The van der Waals surface area contributed by atoms with Gasteiger partial charge in [-0.2, -0.15) is 0 Å². The third-order valence-electron chi connectivity index (χ3n) is 5.05. The average molecular weight is 437 g/mol. The summed E-state index contributed by atoms with van der Waals surface area (Å²) < 4.78 is 69.3. The highest BCUT2D eigenvalue weighted by molar-refractivity contribution is 5.77. The second-order valence-electron chi connectivity index (χ2n) is 7.29. The van der Waals surface area contributed by atoms with E-state index < -0.39 is 41.0 Å². The molecule has 0 saturated heterocycles. The molecule has 1 aromatic heterocycles. The minimum atomic E-state index is -1.32. The van der Waals surface area contributed by atoms with Gasteiger partial charge in [-0.05, 0) is 29.7 Å². The summed E-state index contributed by atoms with van der Waals surface area (Å²) in [4.78, 5) is 14.2. The molecule has 2 N–H and O–H groups in total. The first-order valence-corrected chi connectivity index (χ1v) is 9.27. The summed E-state index contributed by atoms with van der Waals surface area (Å²) in [5, 5.41) is 7.68. The Morgan fingerprint density at radius 1 is 0.968 bits per heavy atom. The van der Waals surface area contributed by atoms with Crippen LogP contribution in [0.3, 0.4) is 0 Å². The lowest BCUT2D eigenvalue weighted by molar-refractivity contribution is -0.132. The van der Waals surface area contributed by atoms with Crippen LogP contribution in [0.1, 0.15) is 23.4 Å². The number of hydrogen-bond acceptors (Lipinski definition) is 4. The maximum absolute atomic E-state index is 13.9. The third kappa shape index (κ3) is 4.13. The van der Waals surface area contributed by atoms with Crippen molar-refractivity contribution in [3.8, 4) is 5.69 Å². The molecule has 1 aliphatic rings. The number of fused-ring (bicyclic) bond motifs is 3. The van der Waals surface area contributed by atoms with E-state index in [0.29, 0.717) is 29.2 Å². The van der Waals surface area contributed by atoms with Crippen LogP contribution in [-0.2, 0) is 24.3 Å². The number of halogens is 5. The van der Waals surface area contributed by atoms with E-state index in [1.165, 1.54) is 15.8 Å². The topological polar surface area (TPSA) is 77.0 Å². The lowest BCUT2D eigenvalue weighted by atomic mass is 10.0. The van der Waals surface area contributed by atoms with Gasteiger partial charge in [-0.15, -0.1) is 10.2 Å². The van der Waals surface area contributed by atoms with Crippen molar-refractivity contribution in [3.63, 3.8) is 0 Å². The molecule has 3 aromatic rings. The van der Waals surface area contributed by atoms with E-state index in [1.807, 2.05) is 0 Å². The van der Waals surface area contributed by atoms with E-state index in [1.54, 1.807) is 0 Å². The molecule has 31 heavy (non-hydrogen) atoms. The molecule has 0 radical (unpaired) electrons. The number of amides is 1. The molecule has 162 valence electrons. The molecule has 1 atom stereocenters. The van der Waals surface area contributed by atoms with Gasteiger partial charge in [-0.25, -0.2) is 22.0 Å². The Morgan fingerprint density at radius 3 is 2.42 bits per heavy atom. The lowest BCUT2D eigenvalue weighted by Crippen LogP contribution is -2.36. The number of aromatic nitrogens is 3. The molecule has 1 aliphatic heterocycles.